The molecule has 0 aliphatic heterocycles. The third-order valence-electron chi connectivity index (χ3n) is 5.15. The number of fused-ring (bicyclic) bond motifs is 1. The average Bonchev–Trinajstić information content (AvgIpc) is 2.67. The van der Waals surface area contributed by atoms with Gasteiger partial charge in [-0.3, -0.25) is 0 Å². The van der Waals surface area contributed by atoms with Crippen LogP contribution in [0.2, 0.25) is 5.28 Å². The van der Waals surface area contributed by atoms with Gasteiger partial charge in [-0.2, -0.15) is 0 Å². The highest BCUT2D eigenvalue weighted by molar-refractivity contribution is 6.29. The van der Waals surface area contributed by atoms with Crippen LogP contribution in [0.5, 0.6) is 0 Å². The first-order valence-electron chi connectivity index (χ1n) is 9.13. The molecule has 0 atom stereocenters. The number of anilines is 1. The monoisotopic (exact) mass is 367 g/mol. The number of hydrogen-bond acceptors (Lipinski definition) is 4. The van der Waals surface area contributed by atoms with E-state index in [1.807, 2.05) is 30.3 Å². The minimum Gasteiger partial charge on any atom is -0.388 e. The van der Waals surface area contributed by atoms with Gasteiger partial charge < -0.3 is 10.4 Å². The highest BCUT2D eigenvalue weighted by Crippen LogP contribution is 2.34. The van der Waals surface area contributed by atoms with Crippen LogP contribution in [0.25, 0.3) is 22.0 Å². The number of nitrogens with zero attached hydrogens (tertiary/aromatic N) is 2. The van der Waals surface area contributed by atoms with E-state index in [4.69, 9.17) is 11.6 Å². The van der Waals surface area contributed by atoms with Gasteiger partial charge in [0.15, 0.2) is 0 Å². The molecule has 0 radical (unpaired) electrons. The lowest BCUT2D eigenvalue weighted by atomic mass is 9.85. The molecular formula is C21H22ClN3O. The van der Waals surface area contributed by atoms with Gasteiger partial charge >= 0.3 is 0 Å². The second-order valence-corrected chi connectivity index (χ2v) is 7.38. The van der Waals surface area contributed by atoms with Crippen molar-refractivity contribution in [3.8, 4) is 11.1 Å². The molecule has 5 heteroatoms. The van der Waals surface area contributed by atoms with Gasteiger partial charge in [-0.15, -0.1) is 0 Å². The number of nitrogens with one attached hydrogen (secondary N) is 1. The molecule has 2 N–H and O–H groups in total. The summed E-state index contributed by atoms with van der Waals surface area (Å²) in [4.78, 5) is 8.82. The van der Waals surface area contributed by atoms with Crippen LogP contribution in [-0.4, -0.2) is 27.2 Å². The van der Waals surface area contributed by atoms with E-state index in [2.05, 4.69) is 33.5 Å². The van der Waals surface area contributed by atoms with Crippen LogP contribution >= 0.6 is 11.6 Å². The molecule has 0 unspecified atom stereocenters. The molecular weight excluding hydrogens is 346 g/mol. The van der Waals surface area contributed by atoms with E-state index in [9.17, 15) is 5.11 Å². The molecule has 1 aliphatic carbocycles. The predicted molar refractivity (Wildman–Crippen MR) is 107 cm³/mol. The van der Waals surface area contributed by atoms with Crippen molar-refractivity contribution in [2.75, 3.05) is 11.9 Å². The van der Waals surface area contributed by atoms with E-state index >= 15 is 0 Å². The van der Waals surface area contributed by atoms with Gasteiger partial charge in [0.1, 0.15) is 5.82 Å². The van der Waals surface area contributed by atoms with Crippen molar-refractivity contribution in [3.63, 3.8) is 0 Å². The maximum atomic E-state index is 10.8. The molecule has 0 saturated heterocycles. The molecule has 1 aromatic heterocycles. The second-order valence-electron chi connectivity index (χ2n) is 7.05. The first-order valence-corrected chi connectivity index (χ1v) is 9.50. The summed E-state index contributed by atoms with van der Waals surface area (Å²) in [7, 11) is 0. The fourth-order valence-corrected chi connectivity index (χ4v) is 3.95. The Hall–Kier alpha value is -2.17. The van der Waals surface area contributed by atoms with Gasteiger partial charge in [0.25, 0.3) is 0 Å². The SMILES string of the molecule is OC1(CNc2nc(Cl)nc3cccc(-c4ccccc4)c23)CCCCC1. The van der Waals surface area contributed by atoms with Crippen molar-refractivity contribution in [3.05, 3.63) is 53.8 Å². The maximum Gasteiger partial charge on any atom is 0.224 e. The van der Waals surface area contributed by atoms with Gasteiger partial charge in [-0.05, 0) is 41.6 Å². The normalized spacial score (nSPS) is 16.5. The van der Waals surface area contributed by atoms with Gasteiger partial charge in [0.2, 0.25) is 5.28 Å². The lowest BCUT2D eigenvalue weighted by molar-refractivity contribution is 0.0167. The highest BCUT2D eigenvalue weighted by atomic mass is 35.5. The topological polar surface area (TPSA) is 58.0 Å². The van der Waals surface area contributed by atoms with E-state index in [-0.39, 0.29) is 5.28 Å². The first-order chi connectivity index (χ1) is 12.6. The Kier molecular flexibility index (Phi) is 4.79. The zero-order chi connectivity index (χ0) is 18.0. The molecule has 1 saturated carbocycles. The maximum absolute atomic E-state index is 10.8. The van der Waals surface area contributed by atoms with Crippen molar-refractivity contribution >= 4 is 28.3 Å². The summed E-state index contributed by atoms with van der Waals surface area (Å²) in [6.45, 7) is 0.471. The summed E-state index contributed by atoms with van der Waals surface area (Å²) < 4.78 is 0. The van der Waals surface area contributed by atoms with Crippen LogP contribution < -0.4 is 5.32 Å². The zero-order valence-corrected chi connectivity index (χ0v) is 15.3. The third kappa shape index (κ3) is 3.53. The van der Waals surface area contributed by atoms with Crippen molar-refractivity contribution in [1.82, 2.24) is 9.97 Å². The minimum absolute atomic E-state index is 0.209. The van der Waals surface area contributed by atoms with Crippen LogP contribution in [0.3, 0.4) is 0 Å². The molecule has 0 spiro atoms. The van der Waals surface area contributed by atoms with E-state index in [0.717, 1.165) is 47.7 Å². The molecule has 0 amide bonds. The Labute approximate surface area is 158 Å². The molecule has 4 rings (SSSR count). The number of aliphatic hydroxyl groups is 1. The van der Waals surface area contributed by atoms with E-state index < -0.39 is 5.60 Å². The molecule has 1 fully saturated rings. The number of halogens is 1. The number of aromatic nitrogens is 2. The number of rotatable bonds is 4. The third-order valence-corrected chi connectivity index (χ3v) is 5.32. The smallest absolute Gasteiger partial charge is 0.224 e. The highest BCUT2D eigenvalue weighted by Gasteiger charge is 2.29. The summed E-state index contributed by atoms with van der Waals surface area (Å²) >= 11 is 6.15. The molecule has 4 nitrogen and oxygen atoms in total. The Morgan fingerprint density at radius 1 is 0.962 bits per heavy atom. The largest absolute Gasteiger partial charge is 0.388 e. The molecule has 26 heavy (non-hydrogen) atoms. The summed E-state index contributed by atoms with van der Waals surface area (Å²) in [5, 5.41) is 15.3. The van der Waals surface area contributed by atoms with E-state index in [0.29, 0.717) is 12.4 Å². The lowest BCUT2D eigenvalue weighted by Gasteiger charge is -2.32. The Balaban J connectivity index is 1.76. The van der Waals surface area contributed by atoms with E-state index in [1.54, 1.807) is 0 Å². The first kappa shape index (κ1) is 17.3. The van der Waals surface area contributed by atoms with Crippen molar-refractivity contribution in [1.29, 1.82) is 0 Å². The predicted octanol–water partition coefficient (Wildman–Crippen LogP) is 5.06. The molecule has 1 heterocycles. The number of benzene rings is 2. The van der Waals surface area contributed by atoms with Crippen LogP contribution in [0.1, 0.15) is 32.1 Å². The Morgan fingerprint density at radius 2 is 1.73 bits per heavy atom. The fraction of sp³-hybridized carbons (Fsp3) is 0.333. The Bertz CT molecular complexity index is 908. The summed E-state index contributed by atoms with van der Waals surface area (Å²) in [5.74, 6) is 0.679. The van der Waals surface area contributed by atoms with Crippen molar-refractivity contribution in [2.45, 2.75) is 37.7 Å². The van der Waals surface area contributed by atoms with Crippen LogP contribution in [0, 0.1) is 0 Å². The van der Waals surface area contributed by atoms with Crippen LogP contribution in [-0.2, 0) is 0 Å². The standard InChI is InChI=1S/C21H22ClN3O/c22-20-24-17-11-7-10-16(15-8-3-1-4-9-15)18(17)19(25-20)23-14-21(26)12-5-2-6-13-21/h1,3-4,7-11,26H,2,5-6,12-14H2,(H,23,24,25). The average molecular weight is 368 g/mol. The quantitative estimate of drug-likeness (QED) is 0.633. The van der Waals surface area contributed by atoms with Gasteiger partial charge in [-0.25, -0.2) is 9.97 Å². The summed E-state index contributed by atoms with van der Waals surface area (Å²) in [5.41, 5.74) is 2.27. The van der Waals surface area contributed by atoms with Crippen LogP contribution in [0.4, 0.5) is 5.82 Å². The van der Waals surface area contributed by atoms with Crippen molar-refractivity contribution < 1.29 is 5.11 Å². The fourth-order valence-electron chi connectivity index (χ4n) is 3.78. The molecule has 134 valence electrons. The Morgan fingerprint density at radius 3 is 2.50 bits per heavy atom. The summed E-state index contributed by atoms with van der Waals surface area (Å²) in [6.07, 6.45) is 4.98. The summed E-state index contributed by atoms with van der Waals surface area (Å²) in [6, 6.07) is 16.2. The number of hydrogen-bond donors (Lipinski definition) is 2. The minimum atomic E-state index is -0.677. The van der Waals surface area contributed by atoms with Gasteiger partial charge in [0, 0.05) is 6.54 Å². The van der Waals surface area contributed by atoms with Gasteiger partial charge in [0.05, 0.1) is 16.5 Å². The van der Waals surface area contributed by atoms with Crippen LogP contribution in [0.15, 0.2) is 48.5 Å². The lowest BCUT2D eigenvalue weighted by Crippen LogP contribution is -2.39. The zero-order valence-electron chi connectivity index (χ0n) is 14.6. The molecule has 1 aliphatic rings. The van der Waals surface area contributed by atoms with Gasteiger partial charge in [-0.1, -0.05) is 61.7 Å². The molecule has 2 aromatic carbocycles. The van der Waals surface area contributed by atoms with E-state index in [1.165, 1.54) is 6.42 Å². The van der Waals surface area contributed by atoms with Crippen molar-refractivity contribution in [2.24, 2.45) is 0 Å². The second kappa shape index (κ2) is 7.22. The molecule has 0 bridgehead atoms. The molecule has 3 aromatic rings.